The van der Waals surface area contributed by atoms with Crippen LogP contribution in [0, 0.1) is 10.8 Å². The summed E-state index contributed by atoms with van der Waals surface area (Å²) in [6, 6.07) is 5.18. The number of carbonyl (C=O) groups excluding carboxylic acids is 1. The number of nitrogens with zero attached hydrogens (tertiary/aromatic N) is 3. The van der Waals surface area contributed by atoms with Gasteiger partial charge in [-0.1, -0.05) is 19.9 Å². The molecule has 1 amide bonds. The van der Waals surface area contributed by atoms with E-state index in [0.717, 1.165) is 4.88 Å². The van der Waals surface area contributed by atoms with Crippen molar-refractivity contribution in [1.29, 1.82) is 5.41 Å². The standard InChI is InChI=1S/C20H26N6O3S/c1-20(2)7-8-26(19(20)29)16(21)15(10-22-3)25-17(28)13-5-4-6-14(24-13)18-23-9-12(11-27)30-18/h4-6,9-10,17,21-22,25,27-28H,7-8,11H2,1-3H3/b15-10+,21-16?. The van der Waals surface area contributed by atoms with Gasteiger partial charge in [0, 0.05) is 31.4 Å². The molecule has 1 aliphatic heterocycles. The van der Waals surface area contributed by atoms with Crippen molar-refractivity contribution in [2.75, 3.05) is 13.6 Å². The largest absolute Gasteiger partial charge is 0.392 e. The van der Waals surface area contributed by atoms with Crippen molar-refractivity contribution in [3.8, 4) is 10.7 Å². The van der Waals surface area contributed by atoms with E-state index < -0.39 is 11.6 Å². The normalized spacial score (nSPS) is 17.2. The van der Waals surface area contributed by atoms with Crippen LogP contribution in [0.4, 0.5) is 0 Å². The molecule has 1 aliphatic rings. The third-order valence-corrected chi connectivity index (χ3v) is 5.87. The second kappa shape index (κ2) is 8.90. The van der Waals surface area contributed by atoms with E-state index in [0.29, 0.717) is 29.4 Å². The van der Waals surface area contributed by atoms with Gasteiger partial charge < -0.3 is 20.8 Å². The molecular formula is C20H26N6O3S. The third kappa shape index (κ3) is 4.50. The van der Waals surface area contributed by atoms with Crippen molar-refractivity contribution in [3.05, 3.63) is 46.9 Å². The Morgan fingerprint density at radius 1 is 1.47 bits per heavy atom. The summed E-state index contributed by atoms with van der Waals surface area (Å²) in [6.07, 6.45) is 2.58. The van der Waals surface area contributed by atoms with Crippen LogP contribution >= 0.6 is 11.3 Å². The second-order valence-corrected chi connectivity index (χ2v) is 8.69. The Morgan fingerprint density at radius 2 is 2.23 bits per heavy atom. The van der Waals surface area contributed by atoms with E-state index in [4.69, 9.17) is 5.41 Å². The molecule has 1 atom stereocenters. The molecule has 160 valence electrons. The fourth-order valence-electron chi connectivity index (χ4n) is 3.09. The quantitative estimate of drug-likeness (QED) is 0.256. The number of thiazole rings is 1. The summed E-state index contributed by atoms with van der Waals surface area (Å²) in [5.74, 6) is -0.128. The molecule has 30 heavy (non-hydrogen) atoms. The monoisotopic (exact) mass is 430 g/mol. The highest BCUT2D eigenvalue weighted by atomic mass is 32.1. The smallest absolute Gasteiger partial charge is 0.233 e. The van der Waals surface area contributed by atoms with Crippen LogP contribution in [0.3, 0.4) is 0 Å². The van der Waals surface area contributed by atoms with E-state index >= 15 is 0 Å². The molecule has 1 unspecified atom stereocenters. The first-order valence-electron chi connectivity index (χ1n) is 9.52. The molecule has 2 aromatic heterocycles. The van der Waals surface area contributed by atoms with Gasteiger partial charge in [-0.25, -0.2) is 9.97 Å². The number of carbonyl (C=O) groups is 1. The summed E-state index contributed by atoms with van der Waals surface area (Å²) >= 11 is 1.32. The Balaban J connectivity index is 1.78. The van der Waals surface area contributed by atoms with Gasteiger partial charge in [0.25, 0.3) is 0 Å². The average molecular weight is 431 g/mol. The van der Waals surface area contributed by atoms with E-state index in [1.165, 1.54) is 22.4 Å². The number of amidine groups is 1. The van der Waals surface area contributed by atoms with E-state index in [1.54, 1.807) is 31.4 Å². The SMILES string of the molecule is CN/C=C(/NC(O)c1cccc(-c2ncc(CO)s2)n1)C(=N)N1CCC(C)(C)C1=O. The van der Waals surface area contributed by atoms with Crippen LogP contribution in [-0.2, 0) is 11.4 Å². The predicted octanol–water partition coefficient (Wildman–Crippen LogP) is 1.57. The van der Waals surface area contributed by atoms with Gasteiger partial charge in [0.05, 0.1) is 28.6 Å². The number of nitrogens with one attached hydrogen (secondary N) is 3. The van der Waals surface area contributed by atoms with Crippen LogP contribution in [0.5, 0.6) is 0 Å². The molecule has 9 nitrogen and oxygen atoms in total. The lowest BCUT2D eigenvalue weighted by molar-refractivity contribution is -0.131. The average Bonchev–Trinajstić information content (AvgIpc) is 3.32. The van der Waals surface area contributed by atoms with Gasteiger partial charge in [-0.15, -0.1) is 11.3 Å². The van der Waals surface area contributed by atoms with Crippen molar-refractivity contribution in [2.24, 2.45) is 5.41 Å². The molecule has 3 rings (SSSR count). The first-order chi connectivity index (χ1) is 14.3. The van der Waals surface area contributed by atoms with Crippen LogP contribution in [0.2, 0.25) is 0 Å². The summed E-state index contributed by atoms with van der Waals surface area (Å²) in [5.41, 5.74) is 0.687. The Labute approximate surface area is 179 Å². The maximum absolute atomic E-state index is 12.6. The van der Waals surface area contributed by atoms with Crippen molar-refractivity contribution < 1.29 is 15.0 Å². The number of aromatic nitrogens is 2. The Hall–Kier alpha value is -2.82. The minimum absolute atomic E-state index is 0.0114. The van der Waals surface area contributed by atoms with E-state index in [1.807, 2.05) is 13.8 Å². The van der Waals surface area contributed by atoms with Crippen molar-refractivity contribution >= 4 is 23.1 Å². The molecule has 3 heterocycles. The zero-order valence-corrected chi connectivity index (χ0v) is 18.0. The van der Waals surface area contributed by atoms with Gasteiger partial charge in [0.15, 0.2) is 12.1 Å². The van der Waals surface area contributed by atoms with Crippen LogP contribution in [0.25, 0.3) is 10.7 Å². The van der Waals surface area contributed by atoms with E-state index in [-0.39, 0.29) is 24.0 Å². The summed E-state index contributed by atoms with van der Waals surface area (Å²) in [6.45, 7) is 4.09. The molecule has 1 fully saturated rings. The van der Waals surface area contributed by atoms with E-state index in [9.17, 15) is 15.0 Å². The second-order valence-electron chi connectivity index (χ2n) is 7.57. The third-order valence-electron chi connectivity index (χ3n) is 4.87. The van der Waals surface area contributed by atoms with Gasteiger partial charge >= 0.3 is 0 Å². The maximum Gasteiger partial charge on any atom is 0.233 e. The van der Waals surface area contributed by atoms with Crippen molar-refractivity contribution in [2.45, 2.75) is 33.1 Å². The van der Waals surface area contributed by atoms with Crippen molar-refractivity contribution in [3.63, 3.8) is 0 Å². The predicted molar refractivity (Wildman–Crippen MR) is 114 cm³/mol. The highest BCUT2D eigenvalue weighted by Crippen LogP contribution is 2.31. The number of hydrogen-bond acceptors (Lipinski definition) is 9. The summed E-state index contributed by atoms with van der Waals surface area (Å²) < 4.78 is 0. The lowest BCUT2D eigenvalue weighted by Crippen LogP contribution is -2.41. The molecular weight excluding hydrogens is 404 g/mol. The lowest BCUT2D eigenvalue weighted by Gasteiger charge is -2.24. The highest BCUT2D eigenvalue weighted by molar-refractivity contribution is 7.14. The highest BCUT2D eigenvalue weighted by Gasteiger charge is 2.41. The molecule has 0 aliphatic carbocycles. The van der Waals surface area contributed by atoms with Crippen LogP contribution in [0.15, 0.2) is 36.3 Å². The molecule has 0 radical (unpaired) electrons. The zero-order valence-electron chi connectivity index (χ0n) is 17.1. The number of pyridine rings is 1. The molecule has 10 heteroatoms. The Bertz CT molecular complexity index is 971. The van der Waals surface area contributed by atoms with Crippen molar-refractivity contribution in [1.82, 2.24) is 25.5 Å². The van der Waals surface area contributed by atoms with Gasteiger partial charge in [0.1, 0.15) is 5.01 Å². The number of likely N-dealkylation sites (tertiary alicyclic amines) is 1. The molecule has 2 aromatic rings. The van der Waals surface area contributed by atoms with Gasteiger partial charge in [0.2, 0.25) is 5.91 Å². The van der Waals surface area contributed by atoms with Crippen LogP contribution in [0.1, 0.15) is 37.1 Å². The number of hydrogen-bond donors (Lipinski definition) is 5. The number of aliphatic hydroxyl groups is 2. The lowest BCUT2D eigenvalue weighted by atomic mass is 9.92. The number of aliphatic hydroxyl groups excluding tert-OH is 2. The summed E-state index contributed by atoms with van der Waals surface area (Å²) in [5, 5.41) is 34.8. The molecule has 0 saturated carbocycles. The van der Waals surface area contributed by atoms with Crippen LogP contribution in [-0.4, -0.2) is 50.4 Å². The minimum atomic E-state index is -1.20. The molecule has 5 N–H and O–H groups in total. The molecule has 0 aromatic carbocycles. The first kappa shape index (κ1) is 21.9. The first-order valence-corrected chi connectivity index (χ1v) is 10.3. The number of amides is 1. The molecule has 0 spiro atoms. The minimum Gasteiger partial charge on any atom is -0.392 e. The summed E-state index contributed by atoms with van der Waals surface area (Å²) in [4.78, 5) is 23.4. The molecule has 0 bridgehead atoms. The van der Waals surface area contributed by atoms with E-state index in [2.05, 4.69) is 20.6 Å². The van der Waals surface area contributed by atoms with Crippen LogP contribution < -0.4 is 10.6 Å². The zero-order chi connectivity index (χ0) is 21.9. The Kier molecular flexibility index (Phi) is 6.49. The topological polar surface area (TPSA) is 134 Å². The summed E-state index contributed by atoms with van der Waals surface area (Å²) in [7, 11) is 1.68. The maximum atomic E-state index is 12.6. The van der Waals surface area contributed by atoms with Gasteiger partial charge in [-0.3, -0.25) is 15.1 Å². The number of rotatable bonds is 7. The fraction of sp³-hybridized carbons (Fsp3) is 0.400. The van der Waals surface area contributed by atoms with Gasteiger partial charge in [-0.05, 0) is 18.6 Å². The molecule has 1 saturated heterocycles. The van der Waals surface area contributed by atoms with Gasteiger partial charge in [-0.2, -0.15) is 0 Å². The Morgan fingerprint density at radius 3 is 2.83 bits per heavy atom. The fourth-order valence-corrected chi connectivity index (χ4v) is 3.83.